The molecule has 0 spiro atoms. The Morgan fingerprint density at radius 3 is 2.47 bits per heavy atom. The van der Waals surface area contributed by atoms with Crippen molar-refractivity contribution in [1.82, 2.24) is 4.90 Å². The van der Waals surface area contributed by atoms with Gasteiger partial charge in [-0.2, -0.15) is 0 Å². The van der Waals surface area contributed by atoms with Crippen LogP contribution in [-0.4, -0.2) is 44.5 Å². The first kappa shape index (κ1) is 13.2. The molecular formula is C11H25NO2Si. The van der Waals surface area contributed by atoms with Crippen LogP contribution in [0.2, 0.25) is 13.1 Å². The molecule has 1 heterocycles. The van der Waals surface area contributed by atoms with E-state index in [0.29, 0.717) is 12.8 Å². The third-order valence-electron chi connectivity index (χ3n) is 2.95. The van der Waals surface area contributed by atoms with Crippen LogP contribution in [-0.2, 0) is 4.43 Å². The molecule has 1 aliphatic heterocycles. The van der Waals surface area contributed by atoms with Gasteiger partial charge < -0.3 is 9.53 Å². The van der Waals surface area contributed by atoms with Crippen molar-refractivity contribution < 1.29 is 9.53 Å². The Labute approximate surface area is 95.2 Å². The fraction of sp³-hybridized carbons (Fsp3) is 1.00. The van der Waals surface area contributed by atoms with E-state index in [2.05, 4.69) is 38.8 Å². The fourth-order valence-corrected chi connectivity index (χ4v) is 2.66. The van der Waals surface area contributed by atoms with Gasteiger partial charge in [-0.15, -0.1) is 0 Å². The van der Waals surface area contributed by atoms with Gasteiger partial charge in [-0.1, -0.05) is 20.8 Å². The molecule has 0 bridgehead atoms. The van der Waals surface area contributed by atoms with Gasteiger partial charge in [0.25, 0.3) is 0 Å². The molecular weight excluding hydrogens is 206 g/mol. The Balaban J connectivity index is 2.53. The predicted molar refractivity (Wildman–Crippen MR) is 65.4 cm³/mol. The zero-order valence-corrected chi connectivity index (χ0v) is 11.8. The summed E-state index contributed by atoms with van der Waals surface area (Å²) in [6, 6.07) is 0.445. The van der Waals surface area contributed by atoms with Crippen LogP contribution in [0.25, 0.3) is 0 Å². The molecule has 1 aliphatic rings. The van der Waals surface area contributed by atoms with E-state index in [1.807, 2.05) is 0 Å². The van der Waals surface area contributed by atoms with Gasteiger partial charge in [-0.3, -0.25) is 4.90 Å². The highest BCUT2D eigenvalue weighted by atomic mass is 28.3. The van der Waals surface area contributed by atoms with Crippen molar-refractivity contribution in [1.29, 1.82) is 0 Å². The molecule has 1 fully saturated rings. The molecule has 0 amide bonds. The van der Waals surface area contributed by atoms with Gasteiger partial charge in [0, 0.05) is 12.6 Å². The lowest BCUT2D eigenvalue weighted by Crippen LogP contribution is -2.41. The summed E-state index contributed by atoms with van der Waals surface area (Å²) < 4.78 is 5.75. The second-order valence-corrected chi connectivity index (χ2v) is 8.32. The number of β-amino-alcohol motifs (C(OH)–C–C–N with tert-alkyl or cyclic N) is 1. The number of aliphatic hydroxyl groups excluding tert-OH is 1. The number of nitrogens with zero attached hydrogens (tertiary/aromatic N) is 1. The second-order valence-electron chi connectivity index (χ2n) is 5.89. The lowest BCUT2D eigenvalue weighted by molar-refractivity contribution is 0.0603. The second kappa shape index (κ2) is 4.95. The minimum absolute atomic E-state index is 0.174. The van der Waals surface area contributed by atoms with E-state index >= 15 is 0 Å². The van der Waals surface area contributed by atoms with Gasteiger partial charge in [-0.05, 0) is 24.9 Å². The number of likely N-dealkylation sites (tertiary alicyclic amines) is 1. The van der Waals surface area contributed by atoms with E-state index in [0.717, 1.165) is 13.0 Å². The normalized spacial score (nSPS) is 29.0. The SMILES string of the molecule is C[SiH](C)OCN1C[C@H](O)C[C@H]1C(C)(C)C. The van der Waals surface area contributed by atoms with E-state index in [1.165, 1.54) is 0 Å². The molecule has 0 saturated carbocycles. The molecule has 0 radical (unpaired) electrons. The van der Waals surface area contributed by atoms with Crippen molar-refractivity contribution in [2.45, 2.75) is 52.4 Å². The maximum absolute atomic E-state index is 9.71. The van der Waals surface area contributed by atoms with Gasteiger partial charge in [0.2, 0.25) is 0 Å². The smallest absolute Gasteiger partial charge is 0.172 e. The minimum atomic E-state index is -0.952. The first-order chi connectivity index (χ1) is 6.80. The predicted octanol–water partition coefficient (Wildman–Crippen LogP) is 1.43. The third kappa shape index (κ3) is 3.87. The Hall–Kier alpha value is 0.0969. The lowest BCUT2D eigenvalue weighted by Gasteiger charge is -2.34. The highest BCUT2D eigenvalue weighted by Crippen LogP contribution is 2.32. The first-order valence-corrected chi connectivity index (χ1v) is 8.62. The molecule has 3 nitrogen and oxygen atoms in total. The van der Waals surface area contributed by atoms with E-state index in [-0.39, 0.29) is 11.5 Å². The van der Waals surface area contributed by atoms with E-state index < -0.39 is 9.04 Å². The van der Waals surface area contributed by atoms with Crippen LogP contribution in [0, 0.1) is 5.41 Å². The zero-order valence-electron chi connectivity index (χ0n) is 10.7. The Bertz CT molecular complexity index is 203. The summed E-state index contributed by atoms with van der Waals surface area (Å²) in [6.45, 7) is 12.5. The minimum Gasteiger partial charge on any atom is -0.408 e. The summed E-state index contributed by atoms with van der Waals surface area (Å²) >= 11 is 0. The van der Waals surface area contributed by atoms with Crippen LogP contribution < -0.4 is 0 Å². The molecule has 0 aromatic heterocycles. The monoisotopic (exact) mass is 231 g/mol. The largest absolute Gasteiger partial charge is 0.408 e. The van der Waals surface area contributed by atoms with Crippen molar-refractivity contribution in [3.63, 3.8) is 0 Å². The van der Waals surface area contributed by atoms with Crippen molar-refractivity contribution in [2.75, 3.05) is 13.3 Å². The molecule has 2 atom stereocenters. The fourth-order valence-electron chi connectivity index (χ4n) is 2.17. The molecule has 0 aromatic rings. The van der Waals surface area contributed by atoms with Crippen LogP contribution >= 0.6 is 0 Å². The average molecular weight is 231 g/mol. The quantitative estimate of drug-likeness (QED) is 0.746. The summed E-state index contributed by atoms with van der Waals surface area (Å²) in [6.07, 6.45) is 0.707. The van der Waals surface area contributed by atoms with Gasteiger partial charge in [0.1, 0.15) is 0 Å². The van der Waals surface area contributed by atoms with E-state index in [4.69, 9.17) is 4.43 Å². The molecule has 0 unspecified atom stereocenters. The number of hydrogen-bond donors (Lipinski definition) is 1. The summed E-state index contributed by atoms with van der Waals surface area (Å²) in [5, 5.41) is 9.71. The van der Waals surface area contributed by atoms with Crippen LogP contribution in [0.3, 0.4) is 0 Å². The maximum Gasteiger partial charge on any atom is 0.172 e. The molecule has 15 heavy (non-hydrogen) atoms. The standard InChI is InChI=1S/C11H25NO2Si/c1-11(2,3)10-6-9(13)7-12(10)8-14-15(4)5/h9-10,13,15H,6-8H2,1-5H3/t9-,10+/m1/s1. The van der Waals surface area contributed by atoms with Gasteiger partial charge in [-0.25, -0.2) is 0 Å². The van der Waals surface area contributed by atoms with Gasteiger partial charge in [0.05, 0.1) is 12.8 Å². The van der Waals surface area contributed by atoms with Crippen molar-refractivity contribution in [3.05, 3.63) is 0 Å². The van der Waals surface area contributed by atoms with Crippen molar-refractivity contribution in [2.24, 2.45) is 5.41 Å². The summed E-state index contributed by atoms with van der Waals surface area (Å²) in [5.41, 5.74) is 0.222. The maximum atomic E-state index is 9.71. The Morgan fingerprint density at radius 2 is 2.00 bits per heavy atom. The van der Waals surface area contributed by atoms with Crippen LogP contribution in [0.5, 0.6) is 0 Å². The molecule has 0 aromatic carbocycles. The molecule has 90 valence electrons. The topological polar surface area (TPSA) is 32.7 Å². The summed E-state index contributed by atoms with van der Waals surface area (Å²) in [5.74, 6) is 0. The third-order valence-corrected chi connectivity index (χ3v) is 3.77. The molecule has 1 saturated heterocycles. The number of rotatable bonds is 3. The number of aliphatic hydroxyl groups is 1. The zero-order chi connectivity index (χ0) is 11.6. The highest BCUT2D eigenvalue weighted by Gasteiger charge is 2.38. The number of hydrogen-bond acceptors (Lipinski definition) is 3. The molecule has 1 rings (SSSR count). The summed E-state index contributed by atoms with van der Waals surface area (Å²) in [7, 11) is -0.952. The molecule has 0 aliphatic carbocycles. The first-order valence-electron chi connectivity index (χ1n) is 5.84. The van der Waals surface area contributed by atoms with Crippen LogP contribution in [0.4, 0.5) is 0 Å². The van der Waals surface area contributed by atoms with Gasteiger partial charge >= 0.3 is 0 Å². The van der Waals surface area contributed by atoms with E-state index in [9.17, 15) is 5.11 Å². The Morgan fingerprint density at radius 1 is 1.40 bits per heavy atom. The van der Waals surface area contributed by atoms with Crippen LogP contribution in [0.1, 0.15) is 27.2 Å². The lowest BCUT2D eigenvalue weighted by atomic mass is 9.85. The summed E-state index contributed by atoms with van der Waals surface area (Å²) in [4.78, 5) is 2.29. The average Bonchev–Trinajstić information content (AvgIpc) is 2.42. The molecule has 1 N–H and O–H groups in total. The van der Waals surface area contributed by atoms with Gasteiger partial charge in [0.15, 0.2) is 9.04 Å². The Kier molecular flexibility index (Phi) is 4.35. The van der Waals surface area contributed by atoms with E-state index in [1.54, 1.807) is 0 Å². The highest BCUT2D eigenvalue weighted by molar-refractivity contribution is 6.48. The van der Waals surface area contributed by atoms with Crippen molar-refractivity contribution in [3.8, 4) is 0 Å². The van der Waals surface area contributed by atoms with Crippen molar-refractivity contribution >= 4 is 9.04 Å². The molecule has 4 heteroatoms. The van der Waals surface area contributed by atoms with Crippen LogP contribution in [0.15, 0.2) is 0 Å².